The molecule has 5 fully saturated rings. The van der Waals surface area contributed by atoms with Gasteiger partial charge in [0.2, 0.25) is 29.5 Å². The Morgan fingerprint density at radius 3 is 0.985 bits per heavy atom. The fraction of sp³-hybridized carbons (Fsp3) is 0.306. The van der Waals surface area contributed by atoms with Crippen molar-refractivity contribution < 1.29 is 117 Å². The number of ether oxygens (including phenoxy) is 11. The number of alkyl halides is 6. The molecule has 12 aromatic rings. The van der Waals surface area contributed by atoms with Crippen molar-refractivity contribution in [3.05, 3.63) is 243 Å². The first kappa shape index (κ1) is 85.5. The molecule has 15 atom stereocenters. The van der Waals surface area contributed by atoms with Gasteiger partial charge in [0.1, 0.15) is 181 Å². The number of aliphatic hydroxyl groups is 1. The molecule has 27 rings (SSSR count). The zero-order valence-corrected chi connectivity index (χ0v) is 72.0. The lowest BCUT2D eigenvalue weighted by molar-refractivity contribution is -0.145. The van der Waals surface area contributed by atoms with E-state index in [4.69, 9.17) is 52.1 Å². The lowest BCUT2D eigenvalue weighted by atomic mass is 10.1. The maximum Gasteiger partial charge on any atom is 0.432 e. The van der Waals surface area contributed by atoms with E-state index in [-0.39, 0.29) is 143 Å². The van der Waals surface area contributed by atoms with Gasteiger partial charge >= 0.3 is 18.3 Å². The van der Waals surface area contributed by atoms with Gasteiger partial charge in [-0.1, -0.05) is 0 Å². The molecule has 8 N–H and O–H groups in total. The number of aliphatic hydroxyl groups excluding tert-OH is 1. The summed E-state index contributed by atoms with van der Waals surface area (Å²) in [5.41, 5.74) is 7.54. The van der Waals surface area contributed by atoms with Gasteiger partial charge in [-0.25, -0.2) is 34.9 Å². The normalized spacial score (nSPS) is 24.3. The first-order valence-electron chi connectivity index (χ1n) is 44.7. The third-order valence-electron chi connectivity index (χ3n) is 26.8. The molecule has 0 radical (unpaired) electrons. The minimum absolute atomic E-state index is 0.00310. The molecule has 696 valence electrons. The number of nitrogens with zero attached hydrogens (tertiary/aromatic N) is 7. The highest BCUT2D eigenvalue weighted by Crippen LogP contribution is 2.67. The Kier molecular flexibility index (Phi) is 20.9. The van der Waals surface area contributed by atoms with Crippen molar-refractivity contribution in [2.24, 2.45) is 17.8 Å². The van der Waals surface area contributed by atoms with E-state index >= 15 is 0 Å². The first-order valence-corrected chi connectivity index (χ1v) is 44.7. The van der Waals surface area contributed by atoms with Gasteiger partial charge in [0, 0.05) is 154 Å². The second-order valence-electron chi connectivity index (χ2n) is 35.2. The SMILES string of the molecule is CCOC(=O)C1C2Oc3ccc(Oc4ccnc5c4CCC(=O)N5)cc3C21.O=C1CCc2c(Oc3ccc4c(c3)C3C(CO)C3O4)ccnc2N1.O=C1CCc2c(Oc3ccc4c(c3)C3C(O4)C3c3ncc(C(F)(F)F)[nH]3)ccnc2N1.O=C1CCc2c(Oc3ccc4c(c3)C3C(O4)C3c3ncc(C(F)(F)F)[nH]3)ccnc2N1.O=CC1C2Oc3ccc(Oc4ccnc5c4CCC(=O)N5)cc3C12. The van der Waals surface area contributed by atoms with Crippen LogP contribution in [0.25, 0.3) is 0 Å². The van der Waals surface area contributed by atoms with Gasteiger partial charge in [-0.2, -0.15) is 26.3 Å². The largest absolute Gasteiger partial charge is 0.489 e. The van der Waals surface area contributed by atoms with E-state index in [2.05, 4.69) is 71.4 Å². The Hall–Kier alpha value is -15.7. The molecular weight excluding hydrogens is 1790 g/mol. The molecule has 5 aliphatic carbocycles. The van der Waals surface area contributed by atoms with Crippen LogP contribution in [0, 0.1) is 17.8 Å². The summed E-state index contributed by atoms with van der Waals surface area (Å²) in [5, 5.41) is 23.1. The number of aromatic nitrogens is 9. The number of fused-ring (bicyclic) bond motifs is 20. The number of carbonyl (C=O) groups excluding carboxylic acids is 7. The predicted molar refractivity (Wildman–Crippen MR) is 467 cm³/mol. The Balaban J connectivity index is 0.0000000965. The van der Waals surface area contributed by atoms with Crippen molar-refractivity contribution in [3.63, 3.8) is 0 Å². The molecule has 0 spiro atoms. The monoisotopic (exact) mass is 1870 g/mol. The van der Waals surface area contributed by atoms with E-state index in [1.807, 2.05) is 72.8 Å². The second-order valence-corrected chi connectivity index (χ2v) is 35.2. The van der Waals surface area contributed by atoms with Crippen LogP contribution >= 0.6 is 0 Å². The number of carbonyl (C=O) groups is 7. The van der Waals surface area contributed by atoms with Crippen molar-refractivity contribution in [2.75, 3.05) is 39.8 Å². The van der Waals surface area contributed by atoms with Crippen LogP contribution in [0.4, 0.5) is 55.4 Å². The molecule has 137 heavy (non-hydrogen) atoms. The molecule has 5 aromatic carbocycles. The van der Waals surface area contributed by atoms with Gasteiger partial charge in [-0.15, -0.1) is 0 Å². The van der Waals surface area contributed by atoms with Crippen LogP contribution in [0.1, 0.15) is 159 Å². The average molecular weight is 1870 g/mol. The van der Waals surface area contributed by atoms with Crippen molar-refractivity contribution in [3.8, 4) is 86.2 Å². The fourth-order valence-electron chi connectivity index (χ4n) is 19.9. The summed E-state index contributed by atoms with van der Waals surface area (Å²) in [6, 6.07) is 36.8. The number of hydrogen-bond donors (Lipinski definition) is 8. The van der Waals surface area contributed by atoms with E-state index in [1.165, 1.54) is 0 Å². The van der Waals surface area contributed by atoms with E-state index in [0.29, 0.717) is 163 Å². The van der Waals surface area contributed by atoms with Crippen LogP contribution in [-0.2, 0) is 82.8 Å². The highest BCUT2D eigenvalue weighted by molar-refractivity contribution is 5.96. The van der Waals surface area contributed by atoms with Gasteiger partial charge in [0.25, 0.3) is 0 Å². The summed E-state index contributed by atoms with van der Waals surface area (Å²) in [7, 11) is 0. The maximum atomic E-state index is 12.9. The quantitative estimate of drug-likeness (QED) is 0.0253. The molecule has 5 amide bonds. The Morgan fingerprint density at radius 2 is 0.679 bits per heavy atom. The summed E-state index contributed by atoms with van der Waals surface area (Å²) >= 11 is 0. The average Bonchev–Trinajstić information content (AvgIpc) is 1.54. The van der Waals surface area contributed by atoms with E-state index in [1.54, 1.807) is 86.4 Å². The van der Waals surface area contributed by atoms with Crippen molar-refractivity contribution in [1.29, 1.82) is 0 Å². The Morgan fingerprint density at radius 1 is 0.380 bits per heavy atom. The number of aldehydes is 1. The van der Waals surface area contributed by atoms with Crippen LogP contribution in [0.2, 0.25) is 0 Å². The molecule has 10 aliphatic heterocycles. The zero-order valence-electron chi connectivity index (χ0n) is 72.0. The molecule has 15 unspecified atom stereocenters. The number of anilines is 5. The number of imidazole rings is 2. The standard InChI is InChI=1S/2C21H15F3N4O3.C20H18N2O5.C18H16N2O4.C18H14N2O4/c2*22-21(23,24)14-8-26-20(27-14)17-16-11-7-9(1-3-12(11)31-18(16)17)30-13-5-6-25-19-10(13)2-4-15(29)28-19;1-2-25-20(24)17-16-12-9-10(3-5-13(12)27-18(16)17)26-14-7-8-21-19-11(14)4-6-15(23)22-19;2*21-8-12-16-11-7-9(1-3-13(11)24-17(12)16)23-14-5-6-19-18-10(14)2-4-15(22)20-18/h2*1,3,5-8,16-18H,2,4H2,(H,26,27)(H,25,28,29);3,5,7-9,16-18H,2,4,6H2,1H3,(H,21,22,23);1,3,5-7,12,16-17,21H,2,4,8H2,(H,19,20,22);1,3,5-8,12,16-17H,2,4H2,(H,19,20,22). The van der Waals surface area contributed by atoms with Gasteiger partial charge in [-0.05, 0) is 160 Å². The molecule has 0 bridgehead atoms. The van der Waals surface area contributed by atoms with Crippen molar-refractivity contribution in [2.45, 2.75) is 155 Å². The highest BCUT2D eigenvalue weighted by Gasteiger charge is 2.66. The molecule has 5 saturated carbocycles. The summed E-state index contributed by atoms with van der Waals surface area (Å²) in [6.07, 6.45) is 6.09. The van der Waals surface area contributed by atoms with Crippen LogP contribution in [0.3, 0.4) is 0 Å². The maximum absolute atomic E-state index is 12.9. The summed E-state index contributed by atoms with van der Waals surface area (Å²) in [4.78, 5) is 114. The van der Waals surface area contributed by atoms with Crippen LogP contribution in [-0.4, -0.2) is 135 Å². The molecule has 39 heteroatoms. The number of amides is 5. The minimum Gasteiger partial charge on any atom is -0.489 e. The summed E-state index contributed by atoms with van der Waals surface area (Å²) < 4.78 is 142. The molecule has 0 saturated heterocycles. The molecule has 15 aliphatic rings. The number of halogens is 6. The van der Waals surface area contributed by atoms with Crippen molar-refractivity contribution in [1.82, 2.24) is 44.9 Å². The fourth-order valence-corrected chi connectivity index (χ4v) is 19.9. The number of H-pyrrole nitrogens is 2. The lowest BCUT2D eigenvalue weighted by Crippen LogP contribution is -2.20. The number of pyridine rings is 5. The van der Waals surface area contributed by atoms with Gasteiger partial charge in [0.05, 0.1) is 43.4 Å². The second kappa shape index (κ2) is 33.4. The van der Waals surface area contributed by atoms with Crippen LogP contribution < -0.4 is 74.0 Å². The van der Waals surface area contributed by atoms with Crippen LogP contribution in [0.5, 0.6) is 86.2 Å². The smallest absolute Gasteiger partial charge is 0.432 e. The Labute approximate surface area is 771 Å². The zero-order chi connectivity index (χ0) is 93.7. The first-order chi connectivity index (χ1) is 66.4. The number of benzene rings is 5. The lowest BCUT2D eigenvalue weighted by Gasteiger charge is -2.19. The Bertz CT molecular complexity index is 6850. The van der Waals surface area contributed by atoms with E-state index in [0.717, 1.165) is 97.3 Å². The van der Waals surface area contributed by atoms with Crippen molar-refractivity contribution >= 4 is 70.9 Å². The van der Waals surface area contributed by atoms with E-state index < -0.39 is 23.7 Å². The third-order valence-corrected chi connectivity index (χ3v) is 26.8. The number of aromatic amines is 2. The summed E-state index contributed by atoms with van der Waals surface area (Å²) in [5.74, 6) is 13.0. The highest BCUT2D eigenvalue weighted by atomic mass is 19.4. The third kappa shape index (κ3) is 16.1. The number of hydrogen-bond acceptors (Lipinski definition) is 26. The molecular formula is C98H78F6N14O19. The number of esters is 1. The summed E-state index contributed by atoms with van der Waals surface area (Å²) in [6.45, 7) is 2.32. The minimum atomic E-state index is -4.46. The topological polar surface area (TPSA) is 423 Å². The van der Waals surface area contributed by atoms with E-state index in [9.17, 15) is 65.0 Å². The molecule has 33 nitrogen and oxygen atoms in total. The number of rotatable bonds is 16. The van der Waals surface area contributed by atoms with Gasteiger partial charge < -0.3 is 98.6 Å². The van der Waals surface area contributed by atoms with Gasteiger partial charge in [0.15, 0.2) is 0 Å². The number of nitrogens with one attached hydrogen (secondary N) is 7. The molecule has 17 heterocycles. The van der Waals surface area contributed by atoms with Crippen LogP contribution in [0.15, 0.2) is 165 Å². The predicted octanol–water partition coefficient (Wildman–Crippen LogP) is 15.7. The molecule has 7 aromatic heterocycles. The van der Waals surface area contributed by atoms with Gasteiger partial charge in [-0.3, -0.25) is 28.8 Å².